The molecule has 6 heteroatoms. The van der Waals surface area contributed by atoms with Crippen molar-refractivity contribution >= 4 is 17.0 Å². The highest BCUT2D eigenvalue weighted by atomic mass is 16.5. The zero-order valence-electron chi connectivity index (χ0n) is 16.8. The zero-order chi connectivity index (χ0) is 20.8. The summed E-state index contributed by atoms with van der Waals surface area (Å²) >= 11 is 0. The van der Waals surface area contributed by atoms with Crippen LogP contribution in [0.2, 0.25) is 0 Å². The lowest BCUT2D eigenvalue weighted by molar-refractivity contribution is -0.140. The number of benzene rings is 2. The van der Waals surface area contributed by atoms with Crippen molar-refractivity contribution in [2.75, 3.05) is 13.7 Å². The first-order valence-electron chi connectivity index (χ1n) is 9.94. The smallest absolute Gasteiger partial charge is 0.305 e. The molecule has 0 aliphatic heterocycles. The Hall–Kier alpha value is -3.67. The molecule has 0 bridgehead atoms. The fourth-order valence-electron chi connectivity index (χ4n) is 3.34. The Morgan fingerprint density at radius 2 is 1.90 bits per heavy atom. The van der Waals surface area contributed by atoms with E-state index >= 15 is 0 Å². The van der Waals surface area contributed by atoms with Gasteiger partial charge in [0.05, 0.1) is 24.8 Å². The number of methoxy groups -OCH3 is 1. The molecular weight excluding hydrogens is 378 g/mol. The van der Waals surface area contributed by atoms with E-state index in [-0.39, 0.29) is 5.97 Å². The highest BCUT2D eigenvalue weighted by Crippen LogP contribution is 2.30. The van der Waals surface area contributed by atoms with Gasteiger partial charge in [-0.1, -0.05) is 18.2 Å². The van der Waals surface area contributed by atoms with Crippen LogP contribution in [0.3, 0.4) is 0 Å². The monoisotopic (exact) mass is 401 g/mol. The van der Waals surface area contributed by atoms with Gasteiger partial charge in [-0.3, -0.25) is 14.3 Å². The van der Waals surface area contributed by atoms with E-state index in [0.29, 0.717) is 13.0 Å². The maximum Gasteiger partial charge on any atom is 0.305 e. The number of carbonyl (C=O) groups excluding carboxylic acids is 1. The van der Waals surface area contributed by atoms with E-state index < -0.39 is 0 Å². The van der Waals surface area contributed by atoms with Crippen molar-refractivity contribution in [3.05, 3.63) is 73.1 Å². The van der Waals surface area contributed by atoms with Crippen molar-refractivity contribution in [1.29, 1.82) is 0 Å². The van der Waals surface area contributed by atoms with E-state index in [9.17, 15) is 4.79 Å². The Bertz CT molecular complexity index is 1120. The van der Waals surface area contributed by atoms with Crippen LogP contribution in [-0.2, 0) is 9.53 Å². The van der Waals surface area contributed by atoms with Gasteiger partial charge in [-0.05, 0) is 49.2 Å². The van der Waals surface area contributed by atoms with Gasteiger partial charge in [0.25, 0.3) is 0 Å². The second kappa shape index (κ2) is 9.22. The lowest BCUT2D eigenvalue weighted by Gasteiger charge is -2.10. The lowest BCUT2D eigenvalue weighted by Crippen LogP contribution is -2.02. The summed E-state index contributed by atoms with van der Waals surface area (Å²) < 4.78 is 12.7. The minimum Gasteiger partial charge on any atom is -0.494 e. The molecule has 0 atom stereocenters. The van der Waals surface area contributed by atoms with Crippen molar-refractivity contribution in [3.63, 3.8) is 0 Å². The largest absolute Gasteiger partial charge is 0.494 e. The van der Waals surface area contributed by atoms with Gasteiger partial charge >= 0.3 is 5.97 Å². The van der Waals surface area contributed by atoms with Crippen LogP contribution in [0.25, 0.3) is 28.1 Å². The molecule has 4 rings (SSSR count). The standard InChI is InChI=1S/C24H23N3O3/c1-29-23(28)11-5-6-15-30-20-12-13-21-22(16-20)27(19-9-3-2-4-10-19)24(26-21)18-8-7-14-25-17-18/h2-4,7-10,12-14,16-17H,5-6,11,15H2,1H3. The van der Waals surface area contributed by atoms with Gasteiger partial charge in [0.1, 0.15) is 11.6 Å². The fourth-order valence-corrected chi connectivity index (χ4v) is 3.34. The first kappa shape index (κ1) is 19.6. The Kier molecular flexibility index (Phi) is 6.03. The number of fused-ring (bicyclic) bond motifs is 1. The molecule has 0 fully saturated rings. The van der Waals surface area contributed by atoms with E-state index in [2.05, 4.69) is 26.4 Å². The molecule has 2 aromatic heterocycles. The second-order valence-electron chi connectivity index (χ2n) is 6.88. The number of para-hydroxylation sites is 1. The Labute approximate surface area is 175 Å². The molecule has 2 aromatic carbocycles. The van der Waals surface area contributed by atoms with Gasteiger partial charge in [-0.15, -0.1) is 0 Å². The lowest BCUT2D eigenvalue weighted by atomic mass is 10.2. The van der Waals surface area contributed by atoms with E-state index in [4.69, 9.17) is 9.72 Å². The summed E-state index contributed by atoms with van der Waals surface area (Å²) in [5, 5.41) is 0. The van der Waals surface area contributed by atoms with Crippen LogP contribution in [0.15, 0.2) is 73.1 Å². The third kappa shape index (κ3) is 4.33. The molecule has 0 amide bonds. The molecule has 0 aliphatic carbocycles. The van der Waals surface area contributed by atoms with E-state index in [1.165, 1.54) is 7.11 Å². The van der Waals surface area contributed by atoms with Crippen molar-refractivity contribution in [3.8, 4) is 22.8 Å². The van der Waals surface area contributed by atoms with Crippen LogP contribution < -0.4 is 4.74 Å². The number of pyridine rings is 1. The molecule has 0 unspecified atom stereocenters. The molecule has 6 nitrogen and oxygen atoms in total. The molecule has 4 aromatic rings. The number of aromatic nitrogens is 3. The van der Waals surface area contributed by atoms with Crippen LogP contribution in [0, 0.1) is 0 Å². The molecule has 0 saturated heterocycles. The average Bonchev–Trinajstić information content (AvgIpc) is 3.18. The third-order valence-electron chi connectivity index (χ3n) is 4.83. The summed E-state index contributed by atoms with van der Waals surface area (Å²) in [5.74, 6) is 1.42. The minimum atomic E-state index is -0.189. The number of nitrogens with zero attached hydrogens (tertiary/aromatic N) is 3. The number of ether oxygens (including phenoxy) is 2. The Morgan fingerprint density at radius 1 is 1.03 bits per heavy atom. The van der Waals surface area contributed by atoms with Gasteiger partial charge in [0.15, 0.2) is 0 Å². The first-order valence-corrected chi connectivity index (χ1v) is 9.94. The summed E-state index contributed by atoms with van der Waals surface area (Å²) in [6.45, 7) is 0.539. The van der Waals surface area contributed by atoms with Crippen molar-refractivity contribution in [1.82, 2.24) is 14.5 Å². The number of unbranched alkanes of at least 4 members (excludes halogenated alkanes) is 1. The van der Waals surface area contributed by atoms with Crippen molar-refractivity contribution in [2.45, 2.75) is 19.3 Å². The van der Waals surface area contributed by atoms with Crippen LogP contribution >= 0.6 is 0 Å². The minimum absolute atomic E-state index is 0.189. The van der Waals surface area contributed by atoms with E-state index in [1.54, 1.807) is 6.20 Å². The molecule has 2 heterocycles. The molecule has 0 radical (unpaired) electrons. The maximum absolute atomic E-state index is 11.2. The summed E-state index contributed by atoms with van der Waals surface area (Å²) in [7, 11) is 1.41. The van der Waals surface area contributed by atoms with Gasteiger partial charge in [0, 0.05) is 36.1 Å². The molecular formula is C24H23N3O3. The predicted molar refractivity (Wildman–Crippen MR) is 116 cm³/mol. The highest BCUT2D eigenvalue weighted by Gasteiger charge is 2.15. The summed E-state index contributed by atoms with van der Waals surface area (Å²) in [6.07, 6.45) is 5.51. The fraction of sp³-hybridized carbons (Fsp3) is 0.208. The van der Waals surface area contributed by atoms with E-state index in [0.717, 1.165) is 46.7 Å². The SMILES string of the molecule is COC(=O)CCCCOc1ccc2nc(-c3cccnc3)n(-c3ccccc3)c2c1. The molecule has 0 N–H and O–H groups in total. The average molecular weight is 401 g/mol. The molecule has 30 heavy (non-hydrogen) atoms. The maximum atomic E-state index is 11.2. The second-order valence-corrected chi connectivity index (χ2v) is 6.88. The quantitative estimate of drug-likeness (QED) is 0.313. The van der Waals surface area contributed by atoms with Gasteiger partial charge in [0.2, 0.25) is 0 Å². The van der Waals surface area contributed by atoms with Crippen molar-refractivity contribution < 1.29 is 14.3 Å². The van der Waals surface area contributed by atoms with Gasteiger partial charge in [-0.25, -0.2) is 4.98 Å². The topological polar surface area (TPSA) is 66.2 Å². The van der Waals surface area contributed by atoms with Crippen molar-refractivity contribution in [2.24, 2.45) is 0 Å². The zero-order valence-corrected chi connectivity index (χ0v) is 16.8. The van der Waals surface area contributed by atoms with E-state index in [1.807, 2.05) is 54.7 Å². The third-order valence-corrected chi connectivity index (χ3v) is 4.83. The number of hydrogen-bond donors (Lipinski definition) is 0. The number of imidazole rings is 1. The number of esters is 1. The van der Waals surface area contributed by atoms with Crippen LogP contribution in [-0.4, -0.2) is 34.2 Å². The first-order chi connectivity index (χ1) is 14.8. The molecule has 152 valence electrons. The Morgan fingerprint density at radius 3 is 2.67 bits per heavy atom. The molecule has 0 saturated carbocycles. The summed E-state index contributed by atoms with van der Waals surface area (Å²) in [6, 6.07) is 20.0. The summed E-state index contributed by atoms with van der Waals surface area (Å²) in [4.78, 5) is 20.3. The van der Waals surface area contributed by atoms with Crippen LogP contribution in [0.4, 0.5) is 0 Å². The number of carbonyl (C=O) groups is 1. The highest BCUT2D eigenvalue weighted by molar-refractivity contribution is 5.84. The Balaban J connectivity index is 1.63. The van der Waals surface area contributed by atoms with Crippen LogP contribution in [0.1, 0.15) is 19.3 Å². The molecule has 0 spiro atoms. The van der Waals surface area contributed by atoms with Crippen LogP contribution in [0.5, 0.6) is 5.75 Å². The molecule has 0 aliphatic rings. The normalized spacial score (nSPS) is 10.8. The number of rotatable bonds is 8. The summed E-state index contributed by atoms with van der Waals surface area (Å²) in [5.41, 5.74) is 3.82. The number of hydrogen-bond acceptors (Lipinski definition) is 5. The van der Waals surface area contributed by atoms with Gasteiger partial charge < -0.3 is 9.47 Å². The van der Waals surface area contributed by atoms with Gasteiger partial charge in [-0.2, -0.15) is 0 Å². The predicted octanol–water partition coefficient (Wildman–Crippen LogP) is 4.81.